The van der Waals surface area contributed by atoms with Gasteiger partial charge in [0.15, 0.2) is 0 Å². The molecule has 0 aliphatic heterocycles. The van der Waals surface area contributed by atoms with Crippen LogP contribution in [0.4, 0.5) is 0 Å². The van der Waals surface area contributed by atoms with Crippen molar-refractivity contribution in [3.05, 3.63) is 182 Å². The molecule has 6 aromatic carbocycles. The molecule has 0 bridgehead atoms. The van der Waals surface area contributed by atoms with Crippen molar-refractivity contribution in [3.63, 3.8) is 0 Å². The smallest absolute Gasteiger partial charge is 0 e. The van der Waals surface area contributed by atoms with Crippen molar-refractivity contribution in [1.29, 1.82) is 0 Å². The minimum atomic E-state index is -0.795. The van der Waals surface area contributed by atoms with E-state index >= 15 is 0 Å². The molecule has 6 aromatic rings. The Morgan fingerprint density at radius 1 is 0.425 bits per heavy atom. The molecular weight excluding hydrogens is 612 g/mol. The molecule has 0 saturated carbocycles. The van der Waals surface area contributed by atoms with E-state index in [-0.39, 0.29) is 33.0 Å². The molecule has 0 amide bonds. The first-order chi connectivity index (χ1) is 18.8. The fraction of sp³-hybridized carbons (Fsp3) is 0. The minimum Gasteiger partial charge on any atom is -0.999 e. The van der Waals surface area contributed by atoms with Gasteiger partial charge < -0.3 is 30.3 Å². The van der Waals surface area contributed by atoms with Gasteiger partial charge in [-0.25, -0.2) is 12.1 Å². The predicted octanol–water partition coefficient (Wildman–Crippen LogP) is 6.57. The molecular formula is C36H32Ni2P2-6. The maximum absolute atomic E-state index is 4.28. The van der Waals surface area contributed by atoms with Gasteiger partial charge in [0, 0.05) is 33.0 Å². The third kappa shape index (κ3) is 13.5. The van der Waals surface area contributed by atoms with E-state index in [0.29, 0.717) is 0 Å². The molecule has 0 spiro atoms. The first kappa shape index (κ1) is 35.2. The van der Waals surface area contributed by atoms with Gasteiger partial charge in [-0.05, 0) is 21.2 Å². The van der Waals surface area contributed by atoms with Crippen molar-refractivity contribution in [3.8, 4) is 0 Å². The van der Waals surface area contributed by atoms with Gasteiger partial charge in [0.2, 0.25) is 0 Å². The molecule has 4 heteroatoms. The van der Waals surface area contributed by atoms with E-state index < -0.39 is 15.1 Å². The molecule has 40 heavy (non-hydrogen) atoms. The molecule has 0 radical (unpaired) electrons. The van der Waals surface area contributed by atoms with Crippen molar-refractivity contribution in [2.45, 2.75) is 0 Å². The minimum absolute atomic E-state index is 0. The maximum Gasteiger partial charge on any atom is 0 e. The zero-order chi connectivity index (χ0) is 26.7. The van der Waals surface area contributed by atoms with E-state index in [4.69, 9.17) is 0 Å². The van der Waals surface area contributed by atoms with Gasteiger partial charge in [-0.3, -0.25) is 0 Å². The van der Waals surface area contributed by atoms with Crippen molar-refractivity contribution >= 4 is 48.9 Å². The van der Waals surface area contributed by atoms with E-state index in [2.05, 4.69) is 134 Å². The van der Waals surface area contributed by atoms with Gasteiger partial charge in [-0.2, -0.15) is 18.2 Å². The summed E-state index contributed by atoms with van der Waals surface area (Å²) in [6, 6.07) is 64.1. The third-order valence-electron chi connectivity index (χ3n) is 5.40. The molecule has 0 atom stereocenters. The van der Waals surface area contributed by atoms with Crippen LogP contribution in [0.1, 0.15) is 0 Å². The van der Waals surface area contributed by atoms with Crippen LogP contribution in [0.3, 0.4) is 0 Å². The zero-order valence-corrected chi connectivity index (χ0v) is 26.0. The Morgan fingerprint density at radius 3 is 0.875 bits per heavy atom. The molecule has 0 saturated heterocycles. The van der Waals surface area contributed by atoms with Crippen LogP contribution >= 0.6 is 15.1 Å². The van der Waals surface area contributed by atoms with Gasteiger partial charge in [0.1, 0.15) is 0 Å². The molecule has 0 unspecified atom stereocenters. The second kappa shape index (κ2) is 21.9. The average molecular weight is 644 g/mol. The maximum atomic E-state index is 4.28. The first-order valence-electron chi connectivity index (χ1n) is 12.3. The van der Waals surface area contributed by atoms with Crippen LogP contribution in [0.2, 0.25) is 0 Å². The number of hydrogen-bond acceptors (Lipinski definition) is 0. The Morgan fingerprint density at radius 2 is 0.700 bits per heavy atom. The van der Waals surface area contributed by atoms with Crippen molar-refractivity contribution in [2.75, 3.05) is 0 Å². The molecule has 0 aliphatic rings. The van der Waals surface area contributed by atoms with Crippen molar-refractivity contribution < 1.29 is 33.0 Å². The van der Waals surface area contributed by atoms with Gasteiger partial charge in [-0.1, -0.05) is 149 Å². The molecule has 0 N–H and O–H groups in total. The summed E-state index contributed by atoms with van der Waals surface area (Å²) in [5, 5.41) is 5.46. The van der Waals surface area contributed by atoms with E-state index in [9.17, 15) is 0 Å². The molecule has 212 valence electrons. The monoisotopic (exact) mass is 642 g/mol. The Bertz CT molecular complexity index is 1170. The summed E-state index contributed by atoms with van der Waals surface area (Å²) in [6.45, 7) is 0. The summed E-state index contributed by atoms with van der Waals surface area (Å²) >= 11 is 0. The van der Waals surface area contributed by atoms with Gasteiger partial charge in [0.05, 0.1) is 0 Å². The third-order valence-corrected chi connectivity index (χ3v) is 9.52. The topological polar surface area (TPSA) is 0 Å². The Balaban J connectivity index is 0.000000288. The van der Waals surface area contributed by atoms with Crippen LogP contribution in [-0.4, -0.2) is 12.6 Å². The summed E-state index contributed by atoms with van der Waals surface area (Å²) < 4.78 is 0. The van der Waals surface area contributed by atoms with Gasteiger partial charge >= 0.3 is 0 Å². The fourth-order valence-corrected chi connectivity index (χ4v) is 6.44. The Hall–Kier alpha value is -2.83. The Kier molecular flexibility index (Phi) is 19.3. The molecule has 6 rings (SSSR count). The van der Waals surface area contributed by atoms with Crippen LogP contribution in [0, 0.1) is 24.3 Å². The normalized spacial score (nSPS) is 9.25. The van der Waals surface area contributed by atoms with Crippen molar-refractivity contribution in [2.24, 2.45) is 0 Å². The van der Waals surface area contributed by atoms with E-state index in [1.807, 2.05) is 54.6 Å². The Labute approximate surface area is 262 Å². The van der Waals surface area contributed by atoms with E-state index in [0.717, 1.165) is 0 Å². The summed E-state index contributed by atoms with van der Waals surface area (Å²) in [4.78, 5) is 0. The standard InChI is InChI=1S/2C13H13P.C5H5.C5H.2Ni/c2*1-14(12-8-4-2-5-9-12)13-10-6-3-7-11-13;2*1-2-4-5-3-1;;/h2*2-11,14H,1H2;1-5H;1H;;/q;;-1;-5;;. The van der Waals surface area contributed by atoms with E-state index in [1.54, 1.807) is 6.07 Å². The van der Waals surface area contributed by atoms with Crippen LogP contribution in [0.5, 0.6) is 0 Å². The number of hydrogen-bond donors (Lipinski definition) is 0. The zero-order valence-electron chi connectivity index (χ0n) is 22.1. The molecule has 0 nitrogen and oxygen atoms in total. The van der Waals surface area contributed by atoms with Crippen LogP contribution in [0.25, 0.3) is 0 Å². The number of rotatable bonds is 4. The fourth-order valence-electron chi connectivity index (χ4n) is 3.39. The molecule has 0 aromatic heterocycles. The van der Waals surface area contributed by atoms with Crippen LogP contribution < -0.4 is 21.2 Å². The second-order valence-electron chi connectivity index (χ2n) is 8.07. The summed E-state index contributed by atoms with van der Waals surface area (Å²) in [5.41, 5.74) is 0. The van der Waals surface area contributed by atoms with E-state index in [1.165, 1.54) is 21.2 Å². The largest absolute Gasteiger partial charge is 0.999 e. The SMILES string of the molecule is C=[PH](c1ccccc1)c1ccccc1.C=[PH](c1ccccc1)c1ccccc1.[Ni].[Ni].[c-]1[c-][c-][cH-][c-]1.c1cc[cH-]c1. The molecule has 0 fully saturated rings. The number of benzene rings is 4. The van der Waals surface area contributed by atoms with Crippen LogP contribution in [0.15, 0.2) is 158 Å². The quantitative estimate of drug-likeness (QED) is 0.116. The summed E-state index contributed by atoms with van der Waals surface area (Å²) in [5.74, 6) is 0. The van der Waals surface area contributed by atoms with Crippen molar-refractivity contribution in [1.82, 2.24) is 0 Å². The van der Waals surface area contributed by atoms with Crippen LogP contribution in [-0.2, 0) is 33.0 Å². The predicted molar refractivity (Wildman–Crippen MR) is 175 cm³/mol. The molecule has 0 heterocycles. The second-order valence-corrected chi connectivity index (χ2v) is 12.3. The van der Waals surface area contributed by atoms with Gasteiger partial charge in [0.25, 0.3) is 0 Å². The van der Waals surface area contributed by atoms with Gasteiger partial charge in [-0.15, -0.1) is 0 Å². The average Bonchev–Trinajstić information content (AvgIpc) is 3.79. The summed E-state index contributed by atoms with van der Waals surface area (Å²) in [7, 11) is -1.59. The summed E-state index contributed by atoms with van der Waals surface area (Å²) in [6.07, 6.45) is 8.56. The molecule has 0 aliphatic carbocycles. The first-order valence-corrected chi connectivity index (χ1v) is 15.8.